The minimum atomic E-state index is -0.544. The second-order valence-electron chi connectivity index (χ2n) is 6.60. The van der Waals surface area contributed by atoms with E-state index in [9.17, 15) is 14.0 Å². The first-order valence-corrected chi connectivity index (χ1v) is 9.47. The second kappa shape index (κ2) is 8.24. The van der Waals surface area contributed by atoms with E-state index in [0.717, 1.165) is 0 Å². The van der Waals surface area contributed by atoms with E-state index in [1.807, 2.05) is 25.1 Å². The van der Waals surface area contributed by atoms with Gasteiger partial charge >= 0.3 is 0 Å². The number of ether oxygens (including phenoxy) is 2. The minimum Gasteiger partial charge on any atom is -0.481 e. The van der Waals surface area contributed by atoms with Crippen LogP contribution in [0.25, 0.3) is 0 Å². The quantitative estimate of drug-likeness (QED) is 0.672. The molecule has 1 N–H and O–H groups in total. The molecule has 3 aromatic carbocycles. The van der Waals surface area contributed by atoms with Crippen molar-refractivity contribution in [2.75, 3.05) is 23.4 Å². The first kappa shape index (κ1) is 19.4. The Balaban J connectivity index is 1.53. The number of nitrogens with one attached hydrogen (secondary N) is 1. The summed E-state index contributed by atoms with van der Waals surface area (Å²) in [6.07, 6.45) is 0. The molecule has 152 valence electrons. The van der Waals surface area contributed by atoms with E-state index in [0.29, 0.717) is 35.0 Å². The zero-order valence-corrected chi connectivity index (χ0v) is 16.2. The summed E-state index contributed by atoms with van der Waals surface area (Å²) in [5.41, 5.74) is 1.43. The number of halogens is 1. The van der Waals surface area contributed by atoms with E-state index in [1.165, 1.54) is 18.2 Å². The molecule has 1 heterocycles. The summed E-state index contributed by atoms with van der Waals surface area (Å²) in [7, 11) is 0. The van der Waals surface area contributed by atoms with Crippen molar-refractivity contribution >= 4 is 23.2 Å². The van der Waals surface area contributed by atoms with E-state index >= 15 is 0 Å². The van der Waals surface area contributed by atoms with E-state index in [4.69, 9.17) is 9.47 Å². The van der Waals surface area contributed by atoms with Gasteiger partial charge in [-0.1, -0.05) is 24.3 Å². The molecule has 0 bridgehead atoms. The van der Waals surface area contributed by atoms with Crippen molar-refractivity contribution in [2.45, 2.75) is 6.92 Å². The highest BCUT2D eigenvalue weighted by atomic mass is 19.1. The fourth-order valence-electron chi connectivity index (χ4n) is 3.22. The van der Waals surface area contributed by atoms with Crippen molar-refractivity contribution in [3.8, 4) is 17.2 Å². The lowest BCUT2D eigenvalue weighted by Crippen LogP contribution is -2.30. The topological polar surface area (TPSA) is 67.9 Å². The second-order valence-corrected chi connectivity index (χ2v) is 6.60. The van der Waals surface area contributed by atoms with Gasteiger partial charge in [0.25, 0.3) is 11.8 Å². The summed E-state index contributed by atoms with van der Waals surface area (Å²) < 4.78 is 24.8. The van der Waals surface area contributed by atoms with Crippen LogP contribution < -0.4 is 19.7 Å². The fourth-order valence-corrected chi connectivity index (χ4v) is 3.22. The van der Waals surface area contributed by atoms with E-state index in [1.54, 1.807) is 35.2 Å². The van der Waals surface area contributed by atoms with Crippen molar-refractivity contribution in [2.24, 2.45) is 0 Å². The highest BCUT2D eigenvalue weighted by Gasteiger charge is 2.27. The molecule has 0 saturated heterocycles. The lowest BCUT2D eigenvalue weighted by molar-refractivity contribution is -0.118. The smallest absolute Gasteiger partial charge is 0.262 e. The first-order chi connectivity index (χ1) is 14.6. The first-order valence-electron chi connectivity index (χ1n) is 9.47. The Labute approximate surface area is 172 Å². The number of anilines is 2. The predicted molar refractivity (Wildman–Crippen MR) is 111 cm³/mol. The van der Waals surface area contributed by atoms with Crippen LogP contribution in [0.3, 0.4) is 0 Å². The minimum absolute atomic E-state index is 0.00508. The molecule has 0 fully saturated rings. The Hall–Kier alpha value is -3.87. The summed E-state index contributed by atoms with van der Waals surface area (Å²) in [6, 6.07) is 18.0. The van der Waals surface area contributed by atoms with E-state index < -0.39 is 11.7 Å². The van der Waals surface area contributed by atoms with Crippen LogP contribution in [0.5, 0.6) is 17.2 Å². The van der Waals surface area contributed by atoms with Gasteiger partial charge in [-0.3, -0.25) is 9.59 Å². The van der Waals surface area contributed by atoms with Gasteiger partial charge in [0, 0.05) is 12.2 Å². The maximum atomic E-state index is 13.6. The monoisotopic (exact) mass is 406 g/mol. The van der Waals surface area contributed by atoms with Crippen molar-refractivity contribution < 1.29 is 23.5 Å². The highest BCUT2D eigenvalue weighted by Crippen LogP contribution is 2.39. The zero-order chi connectivity index (χ0) is 21.1. The molecule has 1 aliphatic heterocycles. The van der Waals surface area contributed by atoms with Crippen molar-refractivity contribution in [1.29, 1.82) is 0 Å². The lowest BCUT2D eigenvalue weighted by atomic mass is 10.1. The van der Waals surface area contributed by atoms with Crippen LogP contribution >= 0.6 is 0 Å². The summed E-state index contributed by atoms with van der Waals surface area (Å²) in [6.45, 7) is 1.98. The number of hydrogen-bond acceptors (Lipinski definition) is 4. The molecule has 0 atom stereocenters. The Bertz CT molecular complexity index is 1120. The van der Waals surface area contributed by atoms with Crippen LogP contribution in [0.15, 0.2) is 66.7 Å². The largest absolute Gasteiger partial charge is 0.481 e. The molecule has 0 aliphatic carbocycles. The third-order valence-corrected chi connectivity index (χ3v) is 4.63. The van der Waals surface area contributed by atoms with Crippen LogP contribution in [0.2, 0.25) is 0 Å². The van der Waals surface area contributed by atoms with Gasteiger partial charge in [0.05, 0.1) is 11.3 Å². The molecule has 0 spiro atoms. The molecule has 30 heavy (non-hydrogen) atoms. The van der Waals surface area contributed by atoms with Gasteiger partial charge in [-0.15, -0.1) is 0 Å². The van der Waals surface area contributed by atoms with Gasteiger partial charge in [0.1, 0.15) is 5.75 Å². The normalized spacial score (nSPS) is 12.3. The third-order valence-electron chi connectivity index (χ3n) is 4.63. The number of amides is 2. The maximum absolute atomic E-state index is 13.6. The molecule has 1 aliphatic rings. The van der Waals surface area contributed by atoms with Gasteiger partial charge < -0.3 is 19.7 Å². The van der Waals surface area contributed by atoms with Gasteiger partial charge in [0.15, 0.2) is 23.9 Å². The third kappa shape index (κ3) is 3.82. The molecule has 6 nitrogen and oxygen atoms in total. The molecule has 4 rings (SSSR count). The van der Waals surface area contributed by atoms with Crippen LogP contribution in [0.1, 0.15) is 17.3 Å². The molecule has 0 radical (unpaired) electrons. The van der Waals surface area contributed by atoms with Crippen molar-refractivity contribution in [3.63, 3.8) is 0 Å². The SMILES string of the molecule is CCN1C(=O)c2cc(NC(=O)COc3ccccc3F)ccc2Oc2ccccc21. The van der Waals surface area contributed by atoms with E-state index in [2.05, 4.69) is 5.32 Å². The fraction of sp³-hybridized carbons (Fsp3) is 0.130. The van der Waals surface area contributed by atoms with Crippen LogP contribution in [-0.2, 0) is 4.79 Å². The average molecular weight is 406 g/mol. The summed E-state index contributed by atoms with van der Waals surface area (Å²) >= 11 is 0. The molecule has 2 amide bonds. The average Bonchev–Trinajstić information content (AvgIpc) is 2.87. The molecular weight excluding hydrogens is 387 g/mol. The van der Waals surface area contributed by atoms with Crippen LogP contribution in [0, 0.1) is 5.82 Å². The maximum Gasteiger partial charge on any atom is 0.262 e. The van der Waals surface area contributed by atoms with Gasteiger partial charge in [-0.2, -0.15) is 0 Å². The number of para-hydroxylation sites is 3. The van der Waals surface area contributed by atoms with Gasteiger partial charge in [-0.05, 0) is 49.4 Å². The number of rotatable bonds is 5. The number of hydrogen-bond donors (Lipinski definition) is 1. The lowest BCUT2D eigenvalue weighted by Gasteiger charge is -2.19. The summed E-state index contributed by atoms with van der Waals surface area (Å²) in [5, 5.41) is 2.66. The van der Waals surface area contributed by atoms with Crippen molar-refractivity contribution in [1.82, 2.24) is 0 Å². The molecule has 3 aromatic rings. The number of carbonyl (C=O) groups excluding carboxylic acids is 2. The Morgan fingerprint density at radius 2 is 1.83 bits per heavy atom. The number of nitrogens with zero attached hydrogens (tertiary/aromatic N) is 1. The highest BCUT2D eigenvalue weighted by molar-refractivity contribution is 6.10. The molecule has 0 unspecified atom stereocenters. The Morgan fingerprint density at radius 1 is 1.07 bits per heavy atom. The molecule has 0 saturated carbocycles. The van der Waals surface area contributed by atoms with Crippen LogP contribution in [-0.4, -0.2) is 25.0 Å². The predicted octanol–water partition coefficient (Wildman–Crippen LogP) is 4.62. The molecule has 0 aromatic heterocycles. The zero-order valence-electron chi connectivity index (χ0n) is 16.2. The Morgan fingerprint density at radius 3 is 2.63 bits per heavy atom. The number of carbonyl (C=O) groups is 2. The summed E-state index contributed by atoms with van der Waals surface area (Å²) in [5.74, 6) is -0.260. The van der Waals surface area contributed by atoms with Crippen molar-refractivity contribution in [3.05, 3.63) is 78.1 Å². The molecule has 7 heteroatoms. The van der Waals surface area contributed by atoms with E-state index in [-0.39, 0.29) is 18.3 Å². The number of benzene rings is 3. The summed E-state index contributed by atoms with van der Waals surface area (Å²) in [4.78, 5) is 26.9. The van der Waals surface area contributed by atoms with Gasteiger partial charge in [-0.25, -0.2) is 4.39 Å². The number of fused-ring (bicyclic) bond motifs is 2. The Kier molecular flexibility index (Phi) is 5.34. The standard InChI is InChI=1S/C23H19FN2O4/c1-2-26-18-8-4-6-10-21(18)30-19-12-11-15(13-16(19)23(26)28)25-22(27)14-29-20-9-5-3-7-17(20)24/h3-13H,2,14H2,1H3,(H,25,27). The van der Waals surface area contributed by atoms with Gasteiger partial charge in [0.2, 0.25) is 0 Å². The van der Waals surface area contributed by atoms with Crippen LogP contribution in [0.4, 0.5) is 15.8 Å². The molecular formula is C23H19FN2O4.